The molecule has 2 heterocycles. The fourth-order valence-corrected chi connectivity index (χ4v) is 6.24. The summed E-state index contributed by atoms with van der Waals surface area (Å²) in [6.45, 7) is 1.94. The van der Waals surface area contributed by atoms with Gasteiger partial charge in [0.25, 0.3) is 11.8 Å². The molecule has 2 aromatic carbocycles. The number of hydrogen-bond acceptors (Lipinski definition) is 6. The molecule has 0 unspecified atom stereocenters. The first kappa shape index (κ1) is 28.6. The van der Waals surface area contributed by atoms with Crippen LogP contribution in [0.4, 0.5) is 13.2 Å². The summed E-state index contributed by atoms with van der Waals surface area (Å²) in [5.74, 6) is -1.06. The first-order valence-electron chi connectivity index (χ1n) is 12.3. The molecule has 210 valence electrons. The number of amides is 2. The van der Waals surface area contributed by atoms with Crippen molar-refractivity contribution in [2.24, 2.45) is 4.99 Å². The largest absolute Gasteiger partial charge is 0.573 e. The van der Waals surface area contributed by atoms with E-state index < -0.39 is 33.6 Å². The molecule has 0 aliphatic carbocycles. The van der Waals surface area contributed by atoms with Crippen LogP contribution in [0.1, 0.15) is 39.9 Å². The molecule has 1 fully saturated rings. The summed E-state index contributed by atoms with van der Waals surface area (Å²) < 4.78 is 69.3. The summed E-state index contributed by atoms with van der Waals surface area (Å²) in [5, 5.41) is 2.62. The van der Waals surface area contributed by atoms with Crippen LogP contribution in [0.3, 0.4) is 0 Å². The molecule has 0 atom stereocenters. The van der Waals surface area contributed by atoms with Gasteiger partial charge in [0.15, 0.2) is 0 Å². The molecule has 4 rings (SSSR count). The van der Waals surface area contributed by atoms with Crippen molar-refractivity contribution in [1.82, 2.24) is 14.5 Å². The zero-order valence-electron chi connectivity index (χ0n) is 21.7. The number of amidine groups is 1. The van der Waals surface area contributed by atoms with Crippen molar-refractivity contribution in [3.8, 4) is 5.75 Å². The Bertz CT molecular complexity index is 1410. The molecule has 2 amide bonds. The van der Waals surface area contributed by atoms with Gasteiger partial charge in [-0.1, -0.05) is 24.3 Å². The Morgan fingerprint density at radius 3 is 2.46 bits per heavy atom. The number of nitrogens with one attached hydrogen (secondary N) is 1. The minimum absolute atomic E-state index is 0.0713. The van der Waals surface area contributed by atoms with Crippen LogP contribution in [0.2, 0.25) is 0 Å². The lowest BCUT2D eigenvalue weighted by Crippen LogP contribution is -2.50. The molecule has 2 aliphatic rings. The second-order valence-electron chi connectivity index (χ2n) is 9.78. The lowest BCUT2D eigenvalue weighted by molar-refractivity contribution is -0.274. The van der Waals surface area contributed by atoms with Crippen molar-refractivity contribution in [3.05, 3.63) is 64.7 Å². The summed E-state index contributed by atoms with van der Waals surface area (Å²) in [6.07, 6.45) is -4.37. The molecular weight excluding hydrogens is 537 g/mol. The molecule has 0 saturated carbocycles. The van der Waals surface area contributed by atoms with Crippen molar-refractivity contribution in [2.45, 2.75) is 38.1 Å². The van der Waals surface area contributed by atoms with Crippen LogP contribution in [0, 0.1) is 6.92 Å². The number of carbonyl (C=O) groups is 2. The highest BCUT2D eigenvalue weighted by atomic mass is 32.2. The lowest BCUT2D eigenvalue weighted by atomic mass is 9.89. The van der Waals surface area contributed by atoms with E-state index in [1.807, 2.05) is 0 Å². The van der Waals surface area contributed by atoms with E-state index in [1.54, 1.807) is 39.2 Å². The molecule has 9 nitrogen and oxygen atoms in total. The number of hydrogen-bond donors (Lipinski definition) is 1. The minimum Gasteiger partial charge on any atom is -0.406 e. The zero-order valence-corrected chi connectivity index (χ0v) is 22.5. The quantitative estimate of drug-likeness (QED) is 0.555. The Hall–Kier alpha value is -3.45. The van der Waals surface area contributed by atoms with Gasteiger partial charge in [0, 0.05) is 38.3 Å². The van der Waals surface area contributed by atoms with Gasteiger partial charge in [-0.2, -0.15) is 0 Å². The normalized spacial score (nSPS) is 17.6. The van der Waals surface area contributed by atoms with Gasteiger partial charge in [-0.05, 0) is 55.5 Å². The molecule has 2 aliphatic heterocycles. The van der Waals surface area contributed by atoms with Gasteiger partial charge < -0.3 is 15.0 Å². The highest BCUT2D eigenvalue weighted by Gasteiger charge is 2.47. The van der Waals surface area contributed by atoms with Crippen molar-refractivity contribution < 1.29 is 35.9 Å². The van der Waals surface area contributed by atoms with Crippen LogP contribution in [-0.4, -0.2) is 80.1 Å². The van der Waals surface area contributed by atoms with Gasteiger partial charge in [0.1, 0.15) is 17.1 Å². The van der Waals surface area contributed by atoms with Crippen molar-refractivity contribution in [1.29, 1.82) is 0 Å². The first-order valence-corrected chi connectivity index (χ1v) is 13.9. The van der Waals surface area contributed by atoms with Gasteiger partial charge in [-0.25, -0.2) is 12.7 Å². The summed E-state index contributed by atoms with van der Waals surface area (Å²) in [7, 11) is -0.362. The van der Waals surface area contributed by atoms with E-state index >= 15 is 0 Å². The smallest absolute Gasteiger partial charge is 0.406 e. The molecule has 13 heteroatoms. The minimum atomic E-state index is -4.86. The van der Waals surface area contributed by atoms with Crippen molar-refractivity contribution in [2.75, 3.05) is 32.9 Å². The second-order valence-corrected chi connectivity index (χ2v) is 11.9. The van der Waals surface area contributed by atoms with E-state index in [0.29, 0.717) is 5.56 Å². The predicted octanol–water partition coefficient (Wildman–Crippen LogP) is 2.88. The van der Waals surface area contributed by atoms with Crippen LogP contribution in [0.5, 0.6) is 5.75 Å². The SMILES string of the molecule is Cc1c(CCS(=O)(=O)N2CCC3(CC2)N=C(c2cccc(OC(F)(F)F)c2)NC3=O)cccc1C(=O)N(C)C. The van der Waals surface area contributed by atoms with E-state index in [9.17, 15) is 31.2 Å². The predicted molar refractivity (Wildman–Crippen MR) is 138 cm³/mol. The van der Waals surface area contributed by atoms with E-state index in [0.717, 1.165) is 23.3 Å². The second kappa shape index (κ2) is 10.6. The van der Waals surface area contributed by atoms with E-state index in [1.165, 1.54) is 21.3 Å². The Balaban J connectivity index is 1.43. The van der Waals surface area contributed by atoms with Gasteiger partial charge in [0.2, 0.25) is 10.0 Å². The highest BCUT2D eigenvalue weighted by molar-refractivity contribution is 7.89. The number of carbonyl (C=O) groups excluding carboxylic acids is 2. The third-order valence-corrected chi connectivity index (χ3v) is 8.85. The Kier molecular flexibility index (Phi) is 7.77. The number of rotatable bonds is 7. The number of aryl methyl sites for hydroxylation is 1. The third kappa shape index (κ3) is 6.25. The average molecular weight is 567 g/mol. The Labute approximate surface area is 224 Å². The maximum absolute atomic E-state index is 13.1. The molecule has 39 heavy (non-hydrogen) atoms. The summed E-state index contributed by atoms with van der Waals surface area (Å²) in [5.41, 5.74) is 1.08. The number of benzene rings is 2. The summed E-state index contributed by atoms with van der Waals surface area (Å²) in [6, 6.07) is 10.4. The number of aliphatic imine (C=N–C) groups is 1. The van der Waals surface area contributed by atoms with Crippen LogP contribution in [0.25, 0.3) is 0 Å². The van der Waals surface area contributed by atoms with Gasteiger partial charge >= 0.3 is 6.36 Å². The van der Waals surface area contributed by atoms with Crippen LogP contribution < -0.4 is 10.1 Å². The van der Waals surface area contributed by atoms with E-state index in [-0.39, 0.29) is 55.4 Å². The van der Waals surface area contributed by atoms with Crippen molar-refractivity contribution in [3.63, 3.8) is 0 Å². The Morgan fingerprint density at radius 1 is 1.15 bits per heavy atom. The maximum atomic E-state index is 13.1. The van der Waals surface area contributed by atoms with Crippen LogP contribution >= 0.6 is 0 Å². The maximum Gasteiger partial charge on any atom is 0.573 e. The average Bonchev–Trinajstić information content (AvgIpc) is 3.17. The van der Waals surface area contributed by atoms with Crippen LogP contribution in [0.15, 0.2) is 47.5 Å². The zero-order chi connectivity index (χ0) is 28.6. The molecule has 0 radical (unpaired) electrons. The van der Waals surface area contributed by atoms with Crippen LogP contribution in [-0.2, 0) is 21.2 Å². The standard InChI is InChI=1S/C26H29F3N4O5S/c1-17-18(6-5-9-21(17)23(34)32(2)3)10-15-39(36,37)33-13-11-25(12-14-33)24(35)30-22(31-25)19-7-4-8-20(16-19)38-26(27,28)29/h4-9,16H,10-15H2,1-3H3,(H,30,31,35). The van der Waals surface area contributed by atoms with Gasteiger partial charge in [-0.15, -0.1) is 13.2 Å². The summed E-state index contributed by atoms with van der Waals surface area (Å²) >= 11 is 0. The van der Waals surface area contributed by atoms with Gasteiger partial charge in [-0.3, -0.25) is 14.6 Å². The molecular formula is C26H29F3N4O5S. The lowest BCUT2D eigenvalue weighted by Gasteiger charge is -2.34. The number of ether oxygens (including phenoxy) is 1. The van der Waals surface area contributed by atoms with Gasteiger partial charge in [0.05, 0.1) is 5.75 Å². The fourth-order valence-electron chi connectivity index (χ4n) is 4.76. The molecule has 1 N–H and O–H groups in total. The van der Waals surface area contributed by atoms with Crippen molar-refractivity contribution >= 4 is 27.7 Å². The monoisotopic (exact) mass is 566 g/mol. The van der Waals surface area contributed by atoms with E-state index in [2.05, 4.69) is 15.0 Å². The Morgan fingerprint density at radius 2 is 1.82 bits per heavy atom. The molecule has 0 bridgehead atoms. The number of nitrogens with zero attached hydrogens (tertiary/aromatic N) is 3. The molecule has 2 aromatic rings. The first-order chi connectivity index (χ1) is 18.2. The molecule has 1 saturated heterocycles. The molecule has 1 spiro atoms. The number of halogens is 3. The number of alkyl halides is 3. The molecule has 0 aromatic heterocycles. The third-order valence-electron chi connectivity index (χ3n) is 6.98. The fraction of sp³-hybridized carbons (Fsp3) is 0.423. The van der Waals surface area contributed by atoms with E-state index in [4.69, 9.17) is 0 Å². The topological polar surface area (TPSA) is 108 Å². The number of sulfonamides is 1. The summed E-state index contributed by atoms with van der Waals surface area (Å²) in [4.78, 5) is 31.2. The highest BCUT2D eigenvalue weighted by Crippen LogP contribution is 2.33. The number of piperidine rings is 1.